The Morgan fingerprint density at radius 2 is 1.95 bits per heavy atom. The lowest BCUT2D eigenvalue weighted by molar-refractivity contribution is 0.233. The second-order valence-electron chi connectivity index (χ2n) is 10.6. The minimum atomic E-state index is -3.81. The third-order valence-electron chi connectivity index (χ3n) is 7.81. The van der Waals surface area contributed by atoms with Crippen molar-refractivity contribution in [3.63, 3.8) is 0 Å². The molecule has 3 aromatic rings. The van der Waals surface area contributed by atoms with Gasteiger partial charge in [0.25, 0.3) is 0 Å². The van der Waals surface area contributed by atoms with Crippen molar-refractivity contribution < 1.29 is 23.4 Å². The molecule has 13 heteroatoms. The molecule has 1 aromatic heterocycles. The average Bonchev–Trinajstić information content (AvgIpc) is 3.40. The first-order valence-electron chi connectivity index (χ1n) is 14.1. The van der Waals surface area contributed by atoms with Crippen LogP contribution in [0.3, 0.4) is 0 Å². The Labute approximate surface area is 251 Å². The van der Waals surface area contributed by atoms with Crippen LogP contribution in [0.15, 0.2) is 47.5 Å². The van der Waals surface area contributed by atoms with Gasteiger partial charge < -0.3 is 30.9 Å². The molecule has 11 nitrogen and oxygen atoms in total. The van der Waals surface area contributed by atoms with Gasteiger partial charge in [-0.1, -0.05) is 29.8 Å². The van der Waals surface area contributed by atoms with Crippen LogP contribution in [0.2, 0.25) is 5.02 Å². The highest BCUT2D eigenvalue weighted by Crippen LogP contribution is 2.37. The Morgan fingerprint density at radius 1 is 1.12 bits per heavy atom. The van der Waals surface area contributed by atoms with Crippen molar-refractivity contribution >= 4 is 44.8 Å². The molecule has 1 fully saturated rings. The standard InChI is InChI=1S/C29H37ClN6O5S/c1-41-27-22-6-4-5-21(31-12-14-37)15-20(22)9-10-25(27)34-29-32-16-23(30)28(35-29)33-24-7-2-3-8-26(24)42(39,40)36-13-11-19(17-36)18-38/h2-3,7-10,16,19,21,31,37-38H,4-6,11-15,17-18H2,1H3,(H2,32,33,34,35)/t19-,21?/m0/s1. The van der Waals surface area contributed by atoms with Crippen LogP contribution < -0.4 is 20.7 Å². The molecule has 1 aliphatic heterocycles. The Balaban J connectivity index is 1.39. The number of fused-ring (bicyclic) bond motifs is 1. The summed E-state index contributed by atoms with van der Waals surface area (Å²) in [5.41, 5.74) is 3.38. The molecule has 0 saturated carbocycles. The van der Waals surface area contributed by atoms with E-state index in [2.05, 4.69) is 32.0 Å². The molecule has 226 valence electrons. The number of aromatic nitrogens is 2. The van der Waals surface area contributed by atoms with Gasteiger partial charge >= 0.3 is 0 Å². The quantitative estimate of drug-likeness (QED) is 0.203. The highest BCUT2D eigenvalue weighted by atomic mass is 35.5. The molecule has 2 aromatic carbocycles. The molecule has 42 heavy (non-hydrogen) atoms. The van der Waals surface area contributed by atoms with Crippen molar-refractivity contribution in [3.05, 3.63) is 58.7 Å². The maximum atomic E-state index is 13.5. The summed E-state index contributed by atoms with van der Waals surface area (Å²) in [5, 5.41) is 28.7. The van der Waals surface area contributed by atoms with E-state index in [0.717, 1.165) is 37.0 Å². The number of methoxy groups -OCH3 is 1. The Bertz CT molecular complexity index is 1510. The Hall–Kier alpha value is -3.00. The van der Waals surface area contributed by atoms with Crippen LogP contribution in [0.1, 0.15) is 30.4 Å². The first-order valence-corrected chi connectivity index (χ1v) is 16.0. The summed E-state index contributed by atoms with van der Waals surface area (Å²) in [5.74, 6) is 1.17. The normalized spacial score (nSPS) is 19.2. The van der Waals surface area contributed by atoms with Gasteiger partial charge in [-0.2, -0.15) is 9.29 Å². The van der Waals surface area contributed by atoms with Gasteiger partial charge in [-0.25, -0.2) is 13.4 Å². The van der Waals surface area contributed by atoms with E-state index >= 15 is 0 Å². The zero-order valence-electron chi connectivity index (χ0n) is 23.5. The number of hydrogen-bond acceptors (Lipinski definition) is 10. The minimum absolute atomic E-state index is 0.0460. The molecular formula is C29H37ClN6O5S. The lowest BCUT2D eigenvalue weighted by atomic mass is 9.99. The highest BCUT2D eigenvalue weighted by molar-refractivity contribution is 7.89. The van der Waals surface area contributed by atoms with Crippen molar-refractivity contribution in [1.82, 2.24) is 19.6 Å². The van der Waals surface area contributed by atoms with E-state index in [1.165, 1.54) is 16.1 Å². The summed E-state index contributed by atoms with van der Waals surface area (Å²) in [6, 6.07) is 10.9. The molecule has 1 aliphatic carbocycles. The molecule has 5 N–H and O–H groups in total. The van der Waals surface area contributed by atoms with Crippen LogP contribution in [-0.2, 0) is 22.9 Å². The van der Waals surface area contributed by atoms with Gasteiger partial charge in [0, 0.05) is 32.3 Å². The molecule has 2 aliphatic rings. The first kappa shape index (κ1) is 30.5. The summed E-state index contributed by atoms with van der Waals surface area (Å²) in [7, 11) is -2.17. The maximum absolute atomic E-state index is 13.5. The van der Waals surface area contributed by atoms with Gasteiger partial charge in [-0.05, 0) is 67.3 Å². The number of para-hydroxylation sites is 1. The number of nitrogens with zero attached hydrogens (tertiary/aromatic N) is 3. The van der Waals surface area contributed by atoms with Crippen LogP contribution in [-0.4, -0.2) is 78.9 Å². The number of ether oxygens (including phenoxy) is 1. The molecule has 0 radical (unpaired) electrons. The van der Waals surface area contributed by atoms with Crippen LogP contribution in [0.5, 0.6) is 5.75 Å². The number of nitrogens with one attached hydrogen (secondary N) is 3. The maximum Gasteiger partial charge on any atom is 0.245 e. The van der Waals surface area contributed by atoms with Crippen LogP contribution >= 0.6 is 11.6 Å². The molecule has 2 atom stereocenters. The van der Waals surface area contributed by atoms with E-state index in [-0.39, 0.29) is 47.4 Å². The lowest BCUT2D eigenvalue weighted by Crippen LogP contribution is -2.32. The number of rotatable bonds is 11. The Morgan fingerprint density at radius 3 is 2.71 bits per heavy atom. The van der Waals surface area contributed by atoms with Crippen LogP contribution in [0, 0.1) is 5.92 Å². The van der Waals surface area contributed by atoms with Crippen LogP contribution in [0.25, 0.3) is 0 Å². The molecule has 2 heterocycles. The van der Waals surface area contributed by atoms with E-state index in [1.807, 2.05) is 6.07 Å². The number of halogens is 1. The van der Waals surface area contributed by atoms with E-state index in [0.29, 0.717) is 36.9 Å². The summed E-state index contributed by atoms with van der Waals surface area (Å²) in [4.78, 5) is 9.01. The van der Waals surface area contributed by atoms with Crippen molar-refractivity contribution in [2.45, 2.75) is 43.0 Å². The van der Waals surface area contributed by atoms with E-state index < -0.39 is 10.0 Å². The van der Waals surface area contributed by atoms with Gasteiger partial charge in [0.05, 0.1) is 31.3 Å². The number of anilines is 4. The van der Waals surface area contributed by atoms with Gasteiger partial charge in [0.1, 0.15) is 15.7 Å². The Kier molecular flexibility index (Phi) is 9.81. The second kappa shape index (κ2) is 13.5. The summed E-state index contributed by atoms with van der Waals surface area (Å²) >= 11 is 6.45. The van der Waals surface area contributed by atoms with Crippen molar-refractivity contribution in [2.24, 2.45) is 5.92 Å². The number of sulfonamides is 1. The molecule has 0 amide bonds. The van der Waals surface area contributed by atoms with E-state index in [4.69, 9.17) is 16.3 Å². The predicted octanol–water partition coefficient (Wildman–Crippen LogP) is 3.46. The predicted molar refractivity (Wildman–Crippen MR) is 163 cm³/mol. The molecule has 1 unspecified atom stereocenters. The third-order valence-corrected chi connectivity index (χ3v) is 10.0. The largest absolute Gasteiger partial charge is 0.494 e. The topological polar surface area (TPSA) is 149 Å². The monoisotopic (exact) mass is 616 g/mol. The summed E-state index contributed by atoms with van der Waals surface area (Å²) in [6.45, 7) is 1.26. The zero-order chi connectivity index (χ0) is 29.7. The summed E-state index contributed by atoms with van der Waals surface area (Å²) in [6.07, 6.45) is 5.77. The van der Waals surface area contributed by atoms with Crippen molar-refractivity contribution in [3.8, 4) is 5.75 Å². The van der Waals surface area contributed by atoms with Gasteiger partial charge in [-0.15, -0.1) is 0 Å². The lowest BCUT2D eigenvalue weighted by Gasteiger charge is -2.20. The van der Waals surface area contributed by atoms with Crippen molar-refractivity contribution in [1.29, 1.82) is 0 Å². The fourth-order valence-corrected chi connectivity index (χ4v) is 7.48. The number of hydrogen-bond donors (Lipinski definition) is 5. The SMILES string of the molecule is COc1c(Nc2ncc(Cl)c(Nc3ccccc3S(=O)(=O)N3CC[C@H](CO)C3)n2)ccc2c1CCCC(NCCO)C2. The number of aliphatic hydroxyl groups excluding tert-OH is 2. The smallest absolute Gasteiger partial charge is 0.245 e. The number of benzene rings is 2. The summed E-state index contributed by atoms with van der Waals surface area (Å²) < 4.78 is 34.2. The minimum Gasteiger partial charge on any atom is -0.494 e. The number of aliphatic hydroxyl groups is 2. The molecule has 5 rings (SSSR count). The molecule has 1 saturated heterocycles. The fraction of sp³-hybridized carbons (Fsp3) is 0.448. The van der Waals surface area contributed by atoms with Gasteiger partial charge in [0.15, 0.2) is 5.82 Å². The second-order valence-corrected chi connectivity index (χ2v) is 12.9. The van der Waals surface area contributed by atoms with Gasteiger partial charge in [0.2, 0.25) is 16.0 Å². The van der Waals surface area contributed by atoms with E-state index in [1.54, 1.807) is 31.4 Å². The van der Waals surface area contributed by atoms with Crippen LogP contribution in [0.4, 0.5) is 23.1 Å². The molecule has 0 bridgehead atoms. The van der Waals surface area contributed by atoms with Gasteiger partial charge in [-0.3, -0.25) is 0 Å². The van der Waals surface area contributed by atoms with Crippen molar-refractivity contribution in [2.75, 3.05) is 50.6 Å². The average molecular weight is 617 g/mol. The first-order chi connectivity index (χ1) is 20.3. The fourth-order valence-electron chi connectivity index (χ4n) is 5.66. The highest BCUT2D eigenvalue weighted by Gasteiger charge is 2.33. The third kappa shape index (κ3) is 6.64. The molecular weight excluding hydrogens is 580 g/mol. The van der Waals surface area contributed by atoms with E-state index in [9.17, 15) is 18.6 Å². The molecule has 0 spiro atoms. The zero-order valence-corrected chi connectivity index (χ0v) is 25.1.